The first-order chi connectivity index (χ1) is 12.0. The Hall–Kier alpha value is -1.63. The van der Waals surface area contributed by atoms with Crippen molar-refractivity contribution >= 4 is 17.8 Å². The molecule has 1 aliphatic rings. The monoisotopic (exact) mass is 355 g/mol. The van der Waals surface area contributed by atoms with E-state index >= 15 is 0 Å². The molecule has 1 aliphatic heterocycles. The second kappa shape index (κ2) is 11.8. The van der Waals surface area contributed by atoms with Gasteiger partial charge in [0.2, 0.25) is 11.8 Å². The summed E-state index contributed by atoms with van der Waals surface area (Å²) in [5, 5.41) is 11.9. The Labute approximate surface area is 150 Å². The fourth-order valence-corrected chi connectivity index (χ4v) is 3.17. The zero-order chi connectivity index (χ0) is 18.7. The number of carboxylic acid groups (broad SMARTS) is 1. The number of likely N-dealkylation sites (tertiary alicyclic amines) is 1. The van der Waals surface area contributed by atoms with Crippen LogP contribution < -0.4 is 5.32 Å². The first kappa shape index (κ1) is 21.4. The fourth-order valence-electron chi connectivity index (χ4n) is 3.17. The Morgan fingerprint density at radius 2 is 1.80 bits per heavy atom. The summed E-state index contributed by atoms with van der Waals surface area (Å²) in [7, 11) is 0. The van der Waals surface area contributed by atoms with Gasteiger partial charge in [-0.2, -0.15) is 0 Å². The second-order valence-electron chi connectivity index (χ2n) is 6.64. The van der Waals surface area contributed by atoms with Gasteiger partial charge in [0, 0.05) is 38.5 Å². The molecule has 7 nitrogen and oxygen atoms in total. The van der Waals surface area contributed by atoms with E-state index in [4.69, 9.17) is 5.11 Å². The molecule has 0 aliphatic carbocycles. The minimum absolute atomic E-state index is 0.0426. The lowest BCUT2D eigenvalue weighted by molar-refractivity contribution is -0.147. The van der Waals surface area contributed by atoms with Crippen LogP contribution in [0.25, 0.3) is 0 Å². The van der Waals surface area contributed by atoms with Crippen molar-refractivity contribution in [3.8, 4) is 0 Å². The molecule has 0 spiro atoms. The van der Waals surface area contributed by atoms with Gasteiger partial charge in [0.05, 0.1) is 0 Å². The third-order valence-corrected chi connectivity index (χ3v) is 4.74. The number of carboxylic acids is 1. The Bertz CT molecular complexity index is 434. The minimum Gasteiger partial charge on any atom is -0.480 e. The molecule has 0 radical (unpaired) electrons. The highest BCUT2D eigenvalue weighted by Gasteiger charge is 2.29. The van der Waals surface area contributed by atoms with Crippen LogP contribution in [0.3, 0.4) is 0 Å². The highest BCUT2D eigenvalue weighted by molar-refractivity contribution is 5.86. The summed E-state index contributed by atoms with van der Waals surface area (Å²) in [6.07, 6.45) is 4.87. The van der Waals surface area contributed by atoms with Crippen molar-refractivity contribution in [1.82, 2.24) is 15.1 Å². The van der Waals surface area contributed by atoms with Gasteiger partial charge in [-0.05, 0) is 25.8 Å². The third-order valence-electron chi connectivity index (χ3n) is 4.74. The number of nitrogens with one attached hydrogen (secondary N) is 1. The molecule has 0 aromatic rings. The zero-order valence-corrected chi connectivity index (χ0v) is 15.6. The number of hydrogen-bond donors (Lipinski definition) is 2. The highest BCUT2D eigenvalue weighted by Crippen LogP contribution is 2.17. The van der Waals surface area contributed by atoms with Crippen molar-refractivity contribution in [1.29, 1.82) is 0 Å². The molecule has 1 rings (SSSR count). The van der Waals surface area contributed by atoms with Crippen molar-refractivity contribution in [2.45, 2.75) is 64.8 Å². The number of carbonyl (C=O) groups is 3. The fraction of sp³-hybridized carbons (Fsp3) is 0.833. The summed E-state index contributed by atoms with van der Waals surface area (Å²) in [6.45, 7) is 7.27. The number of carbonyl (C=O) groups excluding carboxylic acids is 2. The van der Waals surface area contributed by atoms with Crippen LogP contribution in [0.2, 0.25) is 0 Å². The second-order valence-corrected chi connectivity index (χ2v) is 6.64. The number of piperidine rings is 1. The maximum Gasteiger partial charge on any atom is 0.323 e. The van der Waals surface area contributed by atoms with E-state index in [1.165, 1.54) is 4.90 Å². The Morgan fingerprint density at radius 3 is 2.36 bits per heavy atom. The van der Waals surface area contributed by atoms with Crippen LogP contribution in [0.4, 0.5) is 0 Å². The van der Waals surface area contributed by atoms with E-state index in [9.17, 15) is 14.4 Å². The lowest BCUT2D eigenvalue weighted by atomic mass is 10.0. The van der Waals surface area contributed by atoms with E-state index in [1.54, 1.807) is 0 Å². The van der Waals surface area contributed by atoms with Gasteiger partial charge in [-0.25, -0.2) is 0 Å². The van der Waals surface area contributed by atoms with Gasteiger partial charge in [0.25, 0.3) is 0 Å². The van der Waals surface area contributed by atoms with Crippen LogP contribution >= 0.6 is 0 Å². The molecule has 7 heteroatoms. The summed E-state index contributed by atoms with van der Waals surface area (Å²) < 4.78 is 0. The van der Waals surface area contributed by atoms with Crippen LogP contribution in [0.1, 0.15) is 58.8 Å². The van der Waals surface area contributed by atoms with Crippen LogP contribution in [0.5, 0.6) is 0 Å². The molecule has 2 N–H and O–H groups in total. The SMILES string of the molecule is CCCCCNC(=O)CCC(=O)N(CC(=O)O)C1CCN(CC)CC1. The molecule has 1 fully saturated rings. The maximum atomic E-state index is 12.5. The predicted molar refractivity (Wildman–Crippen MR) is 96.3 cm³/mol. The molecule has 2 amide bonds. The largest absolute Gasteiger partial charge is 0.480 e. The van der Waals surface area contributed by atoms with E-state index in [0.717, 1.165) is 51.7 Å². The summed E-state index contributed by atoms with van der Waals surface area (Å²) >= 11 is 0. The van der Waals surface area contributed by atoms with Crippen LogP contribution in [-0.4, -0.2) is 71.5 Å². The van der Waals surface area contributed by atoms with E-state index < -0.39 is 5.97 Å². The number of nitrogens with zero attached hydrogens (tertiary/aromatic N) is 2. The molecule has 0 saturated carbocycles. The van der Waals surface area contributed by atoms with Gasteiger partial charge >= 0.3 is 5.97 Å². The topological polar surface area (TPSA) is 90.0 Å². The van der Waals surface area contributed by atoms with Gasteiger partial charge in [-0.1, -0.05) is 26.7 Å². The Kier molecular flexibility index (Phi) is 10.1. The normalized spacial score (nSPS) is 15.8. The molecular formula is C18H33N3O4. The Balaban J connectivity index is 2.45. The highest BCUT2D eigenvalue weighted by atomic mass is 16.4. The van der Waals surface area contributed by atoms with Gasteiger partial charge in [0.1, 0.15) is 6.54 Å². The van der Waals surface area contributed by atoms with Crippen molar-refractivity contribution in [3.05, 3.63) is 0 Å². The average Bonchev–Trinajstić information content (AvgIpc) is 2.61. The van der Waals surface area contributed by atoms with Gasteiger partial charge in [-0.3, -0.25) is 14.4 Å². The third kappa shape index (κ3) is 8.34. The molecule has 1 saturated heterocycles. The molecule has 144 valence electrons. The summed E-state index contributed by atoms with van der Waals surface area (Å²) in [5.74, 6) is -1.38. The van der Waals surface area contributed by atoms with Crippen molar-refractivity contribution < 1.29 is 19.5 Å². The van der Waals surface area contributed by atoms with Crippen LogP contribution in [0, 0.1) is 0 Å². The van der Waals surface area contributed by atoms with E-state index in [-0.39, 0.29) is 37.2 Å². The van der Waals surface area contributed by atoms with E-state index in [1.807, 2.05) is 0 Å². The maximum absolute atomic E-state index is 12.5. The average molecular weight is 355 g/mol. The molecule has 0 bridgehead atoms. The van der Waals surface area contributed by atoms with Crippen molar-refractivity contribution in [3.63, 3.8) is 0 Å². The molecule has 0 aromatic carbocycles. The molecule has 0 atom stereocenters. The van der Waals surface area contributed by atoms with Gasteiger partial charge in [0.15, 0.2) is 0 Å². The number of rotatable bonds is 11. The molecular weight excluding hydrogens is 322 g/mol. The molecule has 0 unspecified atom stereocenters. The van der Waals surface area contributed by atoms with Gasteiger partial charge in [-0.15, -0.1) is 0 Å². The standard InChI is InChI=1S/C18H33N3O4/c1-3-5-6-11-19-16(22)7-8-17(23)21(14-18(24)25)15-9-12-20(4-2)13-10-15/h15H,3-14H2,1-2H3,(H,19,22)(H,24,25). The van der Waals surface area contributed by atoms with E-state index in [2.05, 4.69) is 24.1 Å². The molecule has 0 aromatic heterocycles. The number of amides is 2. The first-order valence-electron chi connectivity index (χ1n) is 9.48. The summed E-state index contributed by atoms with van der Waals surface area (Å²) in [5.41, 5.74) is 0. The first-order valence-corrected chi connectivity index (χ1v) is 9.48. The number of aliphatic carboxylic acids is 1. The zero-order valence-electron chi connectivity index (χ0n) is 15.6. The van der Waals surface area contributed by atoms with Crippen molar-refractivity contribution in [2.75, 3.05) is 32.7 Å². The molecule has 1 heterocycles. The number of hydrogen-bond acceptors (Lipinski definition) is 4. The summed E-state index contributed by atoms with van der Waals surface area (Å²) in [6, 6.07) is -0.0426. The van der Waals surface area contributed by atoms with Crippen LogP contribution in [0.15, 0.2) is 0 Å². The summed E-state index contributed by atoms with van der Waals surface area (Å²) in [4.78, 5) is 39.2. The van der Waals surface area contributed by atoms with Crippen molar-refractivity contribution in [2.24, 2.45) is 0 Å². The minimum atomic E-state index is -1.00. The lowest BCUT2D eigenvalue weighted by Gasteiger charge is -2.37. The van der Waals surface area contributed by atoms with E-state index in [0.29, 0.717) is 6.54 Å². The molecule has 25 heavy (non-hydrogen) atoms. The predicted octanol–water partition coefficient (Wildman–Crippen LogP) is 1.47. The van der Waals surface area contributed by atoms with Crippen LogP contribution in [-0.2, 0) is 14.4 Å². The Morgan fingerprint density at radius 1 is 1.12 bits per heavy atom. The number of unbranched alkanes of at least 4 members (excludes halogenated alkanes) is 2. The lowest BCUT2D eigenvalue weighted by Crippen LogP contribution is -2.49. The quantitative estimate of drug-likeness (QED) is 0.548. The smallest absolute Gasteiger partial charge is 0.323 e. The van der Waals surface area contributed by atoms with Gasteiger partial charge < -0.3 is 20.2 Å².